The van der Waals surface area contributed by atoms with Crippen LogP contribution in [0.25, 0.3) is 0 Å². The molecule has 0 heterocycles. The second-order valence-corrected chi connectivity index (χ2v) is 1.84. The van der Waals surface area contributed by atoms with Gasteiger partial charge in [-0.25, -0.2) is 0 Å². The smallest absolute Gasteiger partial charge is 0.0462 e. The van der Waals surface area contributed by atoms with E-state index in [9.17, 15) is 0 Å². The molecule has 1 N–H and O–H groups in total. The molecule has 0 aliphatic heterocycles. The summed E-state index contributed by atoms with van der Waals surface area (Å²) in [6.45, 7) is 5.60. The predicted octanol–water partition coefficient (Wildman–Crippen LogP) is 0.326. The summed E-state index contributed by atoms with van der Waals surface area (Å²) in [5.74, 6) is 0.750. The van der Waals surface area contributed by atoms with Gasteiger partial charge in [-0.2, -0.15) is 0 Å². The lowest BCUT2D eigenvalue weighted by Gasteiger charge is -1.78. The summed E-state index contributed by atoms with van der Waals surface area (Å²) >= 11 is 0. The average molecular weight is 84.1 g/mol. The van der Waals surface area contributed by atoms with Gasteiger partial charge >= 0.3 is 0 Å². The minimum atomic E-state index is 0.279. The fourth-order valence-corrected chi connectivity index (χ4v) is 0.481. The van der Waals surface area contributed by atoms with Crippen molar-refractivity contribution in [1.29, 1.82) is 0 Å². The van der Waals surface area contributed by atoms with Gasteiger partial charge in [0.25, 0.3) is 0 Å². The van der Waals surface area contributed by atoms with Gasteiger partial charge in [-0.3, -0.25) is 0 Å². The topological polar surface area (TPSA) is 20.2 Å². The van der Waals surface area contributed by atoms with Gasteiger partial charge in [0.1, 0.15) is 0 Å². The van der Waals surface area contributed by atoms with Gasteiger partial charge in [-0.1, -0.05) is 0 Å². The van der Waals surface area contributed by atoms with Crippen molar-refractivity contribution in [2.75, 3.05) is 6.61 Å². The third-order valence-electron chi connectivity index (χ3n) is 1.21. The molecule has 2 atom stereocenters. The first-order valence-corrected chi connectivity index (χ1v) is 2.21. The predicted molar refractivity (Wildman–Crippen MR) is 23.0 cm³/mol. The van der Waals surface area contributed by atoms with Crippen LogP contribution in [0.4, 0.5) is 0 Å². The molecule has 0 saturated heterocycles. The lowest BCUT2D eigenvalue weighted by Crippen LogP contribution is -1.83. The van der Waals surface area contributed by atoms with Crippen LogP contribution in [0.15, 0.2) is 0 Å². The maximum Gasteiger partial charge on any atom is 0.0462 e. The number of hydrogen-bond donors (Lipinski definition) is 1. The van der Waals surface area contributed by atoms with E-state index in [0.29, 0.717) is 11.8 Å². The summed E-state index contributed by atoms with van der Waals surface area (Å²) in [4.78, 5) is 0. The fraction of sp³-hybridized carbons (Fsp3) is 0.800. The Morgan fingerprint density at radius 3 is 2.33 bits per heavy atom. The normalized spacial score (nSPS) is 43.0. The molecule has 2 radical (unpaired) electrons. The van der Waals surface area contributed by atoms with Crippen LogP contribution in [0.3, 0.4) is 0 Å². The van der Waals surface area contributed by atoms with Crippen LogP contribution in [0, 0.1) is 18.8 Å². The van der Waals surface area contributed by atoms with E-state index in [4.69, 9.17) is 12.0 Å². The lowest BCUT2D eigenvalue weighted by atomic mass is 10.4. The zero-order valence-corrected chi connectivity index (χ0v) is 3.59. The lowest BCUT2D eigenvalue weighted by molar-refractivity contribution is 0.272. The van der Waals surface area contributed by atoms with Crippen molar-refractivity contribution < 1.29 is 5.11 Å². The molecule has 1 fully saturated rings. The molecule has 1 rings (SSSR count). The molecule has 1 nitrogen and oxygen atoms in total. The van der Waals surface area contributed by atoms with Crippen molar-refractivity contribution in [3.63, 3.8) is 0 Å². The van der Waals surface area contributed by atoms with Gasteiger partial charge in [-0.05, 0) is 25.2 Å². The molecule has 0 aromatic heterocycles. The second-order valence-electron chi connectivity index (χ2n) is 1.84. The molecule has 1 saturated carbocycles. The first kappa shape index (κ1) is 4.13. The summed E-state index contributed by atoms with van der Waals surface area (Å²) < 4.78 is 0. The van der Waals surface area contributed by atoms with Crippen molar-refractivity contribution in [2.45, 2.75) is 6.42 Å². The molecule has 6 heavy (non-hydrogen) atoms. The van der Waals surface area contributed by atoms with E-state index in [1.807, 2.05) is 0 Å². The van der Waals surface area contributed by atoms with Crippen LogP contribution in [-0.2, 0) is 0 Å². The van der Waals surface area contributed by atoms with Gasteiger partial charge in [0, 0.05) is 6.61 Å². The number of aliphatic hydroxyl groups is 1. The van der Waals surface area contributed by atoms with E-state index in [0.717, 1.165) is 6.42 Å². The SMILES string of the molecule is [CH][C@@H]1C[C@H]1CO. The fourth-order valence-electron chi connectivity index (χ4n) is 0.481. The molecule has 0 unspecified atom stereocenters. The monoisotopic (exact) mass is 84.1 g/mol. The minimum Gasteiger partial charge on any atom is -0.396 e. The van der Waals surface area contributed by atoms with Gasteiger partial charge in [0.15, 0.2) is 0 Å². The summed E-state index contributed by atoms with van der Waals surface area (Å²) in [5.41, 5.74) is 0. The Balaban J connectivity index is 2.09. The molecule has 1 heteroatoms. The maximum atomic E-state index is 8.30. The molecule has 0 amide bonds. The molecule has 0 spiro atoms. The van der Waals surface area contributed by atoms with Crippen LogP contribution < -0.4 is 0 Å². The van der Waals surface area contributed by atoms with Gasteiger partial charge in [-0.15, -0.1) is 0 Å². The quantitative estimate of drug-likeness (QED) is 0.485. The summed E-state index contributed by atoms with van der Waals surface area (Å²) in [6.07, 6.45) is 1.02. The molecule has 0 bridgehead atoms. The van der Waals surface area contributed by atoms with Crippen molar-refractivity contribution in [1.82, 2.24) is 0 Å². The molecule has 0 aromatic rings. The van der Waals surface area contributed by atoms with E-state index < -0.39 is 0 Å². The van der Waals surface area contributed by atoms with E-state index in [2.05, 4.69) is 0 Å². The first-order valence-electron chi connectivity index (χ1n) is 2.21. The highest BCUT2D eigenvalue weighted by molar-refractivity contribution is 4.86. The van der Waals surface area contributed by atoms with Crippen LogP contribution in [0.2, 0.25) is 0 Å². The van der Waals surface area contributed by atoms with E-state index >= 15 is 0 Å². The number of rotatable bonds is 1. The van der Waals surface area contributed by atoms with Crippen molar-refractivity contribution in [3.05, 3.63) is 6.92 Å². The molecule has 0 aromatic carbocycles. The Morgan fingerprint density at radius 1 is 1.83 bits per heavy atom. The zero-order chi connectivity index (χ0) is 4.57. The van der Waals surface area contributed by atoms with Crippen LogP contribution in [0.5, 0.6) is 0 Å². The van der Waals surface area contributed by atoms with Crippen molar-refractivity contribution in [3.8, 4) is 0 Å². The largest absolute Gasteiger partial charge is 0.396 e. The third-order valence-corrected chi connectivity index (χ3v) is 1.21. The Bertz CT molecular complexity index is 49.9. The molecular weight excluding hydrogens is 76.1 g/mol. The van der Waals surface area contributed by atoms with Crippen molar-refractivity contribution >= 4 is 0 Å². The Labute approximate surface area is 38.0 Å². The summed E-state index contributed by atoms with van der Waals surface area (Å²) in [5, 5.41) is 8.30. The minimum absolute atomic E-state index is 0.279. The van der Waals surface area contributed by atoms with Crippen LogP contribution in [-0.4, -0.2) is 11.7 Å². The maximum absolute atomic E-state index is 8.30. The Hall–Kier alpha value is -0.0400. The van der Waals surface area contributed by atoms with Crippen molar-refractivity contribution in [2.24, 2.45) is 11.8 Å². The standard InChI is InChI=1S/C5H8O/c1-4-2-5(4)3-6/h1,4-6H,2-3H2/t4-,5+/m1/s1. The highest BCUT2D eigenvalue weighted by atomic mass is 16.3. The molecule has 1 aliphatic rings. The molecule has 1 aliphatic carbocycles. The van der Waals surface area contributed by atoms with Crippen LogP contribution in [0.1, 0.15) is 6.42 Å². The molecular formula is C5H8O. The van der Waals surface area contributed by atoms with E-state index in [1.54, 1.807) is 0 Å². The summed E-state index contributed by atoms with van der Waals surface area (Å²) in [7, 11) is 0. The van der Waals surface area contributed by atoms with Crippen LogP contribution >= 0.6 is 0 Å². The highest BCUT2D eigenvalue weighted by Gasteiger charge is 2.31. The number of hydrogen-bond acceptors (Lipinski definition) is 1. The number of aliphatic hydroxyl groups excluding tert-OH is 1. The van der Waals surface area contributed by atoms with Gasteiger partial charge in [0.05, 0.1) is 0 Å². The average Bonchev–Trinajstić information content (AvgIpc) is 2.19. The Kier molecular flexibility index (Phi) is 0.845. The van der Waals surface area contributed by atoms with Gasteiger partial charge < -0.3 is 5.11 Å². The molecule has 34 valence electrons. The Morgan fingerprint density at radius 2 is 2.33 bits per heavy atom. The summed E-state index contributed by atoms with van der Waals surface area (Å²) in [6, 6.07) is 0. The highest BCUT2D eigenvalue weighted by Crippen LogP contribution is 2.36. The van der Waals surface area contributed by atoms with E-state index in [1.165, 1.54) is 0 Å². The second kappa shape index (κ2) is 1.23. The third kappa shape index (κ3) is 0.548. The van der Waals surface area contributed by atoms with Gasteiger partial charge in [0.2, 0.25) is 0 Å². The van der Waals surface area contributed by atoms with E-state index in [-0.39, 0.29) is 6.61 Å². The first-order chi connectivity index (χ1) is 2.84. The zero-order valence-electron chi connectivity index (χ0n) is 3.59.